The van der Waals surface area contributed by atoms with Crippen molar-refractivity contribution in [3.63, 3.8) is 0 Å². The molecule has 0 N–H and O–H groups in total. The van der Waals surface area contributed by atoms with Crippen LogP contribution in [-0.4, -0.2) is 61.0 Å². The van der Waals surface area contributed by atoms with Crippen LogP contribution in [0.2, 0.25) is 0 Å². The lowest BCUT2D eigenvalue weighted by molar-refractivity contribution is 0.0172. The Labute approximate surface area is 137 Å². The van der Waals surface area contributed by atoms with Crippen LogP contribution < -0.4 is 0 Å². The van der Waals surface area contributed by atoms with Crippen molar-refractivity contribution in [1.82, 2.24) is 14.2 Å². The lowest BCUT2D eigenvalue weighted by atomic mass is 9.92. The van der Waals surface area contributed by atoms with Gasteiger partial charge in [-0.05, 0) is 28.1 Å². The summed E-state index contributed by atoms with van der Waals surface area (Å²) in [6.45, 7) is 1.13. The standard InChI is InChI=1S/C13H16BrN3O4S/c1-16-9-13(21-12(16)18)4-7-17(8-5-13)22(19,20)11-10(14)3-2-6-15-11/h2-3,6H,4-5,7-9H2,1H3. The first-order chi connectivity index (χ1) is 10.3. The van der Waals surface area contributed by atoms with Crippen molar-refractivity contribution in [1.29, 1.82) is 0 Å². The number of piperidine rings is 1. The van der Waals surface area contributed by atoms with Gasteiger partial charge in [-0.2, -0.15) is 4.31 Å². The first-order valence-electron chi connectivity index (χ1n) is 6.89. The Bertz CT molecular complexity index is 701. The van der Waals surface area contributed by atoms with E-state index >= 15 is 0 Å². The fraction of sp³-hybridized carbons (Fsp3) is 0.538. The molecular formula is C13H16BrN3O4S. The predicted octanol–water partition coefficient (Wildman–Crippen LogP) is 1.45. The summed E-state index contributed by atoms with van der Waals surface area (Å²) in [5.41, 5.74) is -0.556. The number of hydrogen-bond donors (Lipinski definition) is 0. The van der Waals surface area contributed by atoms with Crippen LogP contribution in [0.4, 0.5) is 4.79 Å². The minimum Gasteiger partial charge on any atom is -0.441 e. The highest BCUT2D eigenvalue weighted by Crippen LogP contribution is 2.34. The molecule has 2 aliphatic heterocycles. The third kappa shape index (κ3) is 2.61. The van der Waals surface area contributed by atoms with E-state index in [1.807, 2.05) is 0 Å². The molecule has 0 aromatic carbocycles. The smallest absolute Gasteiger partial charge is 0.410 e. The summed E-state index contributed by atoms with van der Waals surface area (Å²) in [4.78, 5) is 17.0. The fourth-order valence-corrected chi connectivity index (χ4v) is 5.15. The monoisotopic (exact) mass is 389 g/mol. The molecule has 0 bridgehead atoms. The number of aromatic nitrogens is 1. The summed E-state index contributed by atoms with van der Waals surface area (Å²) in [6.07, 6.45) is 2.10. The first kappa shape index (κ1) is 15.7. The lowest BCUT2D eigenvalue weighted by Crippen LogP contribution is -2.48. The zero-order valence-electron chi connectivity index (χ0n) is 12.0. The number of nitrogens with zero attached hydrogens (tertiary/aromatic N) is 3. The number of rotatable bonds is 2. The van der Waals surface area contributed by atoms with Gasteiger partial charge in [-0.3, -0.25) is 0 Å². The molecule has 3 rings (SSSR count). The topological polar surface area (TPSA) is 79.8 Å². The number of carbonyl (C=O) groups is 1. The first-order valence-corrected chi connectivity index (χ1v) is 9.12. The maximum absolute atomic E-state index is 12.7. The van der Waals surface area contributed by atoms with E-state index < -0.39 is 15.6 Å². The van der Waals surface area contributed by atoms with E-state index in [-0.39, 0.29) is 11.1 Å². The maximum atomic E-state index is 12.7. The predicted molar refractivity (Wildman–Crippen MR) is 81.8 cm³/mol. The van der Waals surface area contributed by atoms with Gasteiger partial charge >= 0.3 is 6.09 Å². The van der Waals surface area contributed by atoms with Crippen molar-refractivity contribution in [2.45, 2.75) is 23.5 Å². The van der Waals surface area contributed by atoms with Crippen LogP contribution >= 0.6 is 15.9 Å². The molecule has 0 aliphatic carbocycles. The van der Waals surface area contributed by atoms with E-state index in [2.05, 4.69) is 20.9 Å². The minimum absolute atomic E-state index is 0.0199. The van der Waals surface area contributed by atoms with Gasteiger partial charge in [0.15, 0.2) is 5.03 Å². The molecule has 0 unspecified atom stereocenters. The van der Waals surface area contributed by atoms with Crippen molar-refractivity contribution < 1.29 is 17.9 Å². The molecule has 1 amide bonds. The maximum Gasteiger partial charge on any atom is 0.410 e. The molecule has 1 aromatic heterocycles. The number of halogens is 1. The van der Waals surface area contributed by atoms with E-state index in [4.69, 9.17) is 4.74 Å². The van der Waals surface area contributed by atoms with Gasteiger partial charge in [0, 0.05) is 39.2 Å². The SMILES string of the molecule is CN1CC2(CCN(S(=O)(=O)c3ncccc3Br)CC2)OC1=O. The summed E-state index contributed by atoms with van der Waals surface area (Å²) in [5, 5.41) is 0.0199. The average molecular weight is 390 g/mol. The highest BCUT2D eigenvalue weighted by molar-refractivity contribution is 9.10. The van der Waals surface area contributed by atoms with E-state index in [0.29, 0.717) is 36.9 Å². The molecule has 0 saturated carbocycles. The van der Waals surface area contributed by atoms with Crippen molar-refractivity contribution in [3.05, 3.63) is 22.8 Å². The Balaban J connectivity index is 1.77. The zero-order valence-corrected chi connectivity index (χ0v) is 14.4. The lowest BCUT2D eigenvalue weighted by Gasteiger charge is -2.36. The number of ether oxygens (including phenoxy) is 1. The van der Waals surface area contributed by atoms with Crippen LogP contribution in [-0.2, 0) is 14.8 Å². The van der Waals surface area contributed by atoms with Crippen LogP contribution in [0.15, 0.2) is 27.8 Å². The highest BCUT2D eigenvalue weighted by Gasteiger charge is 2.47. The van der Waals surface area contributed by atoms with Crippen molar-refractivity contribution in [2.24, 2.45) is 0 Å². The second-order valence-corrected chi connectivity index (χ2v) is 8.31. The van der Waals surface area contributed by atoms with E-state index in [0.717, 1.165) is 0 Å². The van der Waals surface area contributed by atoms with Crippen LogP contribution in [0.1, 0.15) is 12.8 Å². The summed E-state index contributed by atoms with van der Waals surface area (Å²) in [6, 6.07) is 3.32. The second-order valence-electron chi connectivity index (χ2n) is 5.60. The number of carbonyl (C=O) groups excluding carboxylic acids is 1. The quantitative estimate of drug-likeness (QED) is 0.764. The van der Waals surface area contributed by atoms with Crippen LogP contribution in [0, 0.1) is 0 Å². The Hall–Kier alpha value is -1.19. The molecule has 120 valence electrons. The third-order valence-electron chi connectivity index (χ3n) is 4.08. The molecule has 2 fully saturated rings. The number of likely N-dealkylation sites (N-methyl/N-ethyl adjacent to an activating group) is 1. The summed E-state index contributed by atoms with van der Waals surface area (Å²) >= 11 is 3.23. The minimum atomic E-state index is -3.64. The zero-order chi connectivity index (χ0) is 16.0. The summed E-state index contributed by atoms with van der Waals surface area (Å²) in [5.74, 6) is 0. The third-order valence-corrected chi connectivity index (χ3v) is 6.84. The van der Waals surface area contributed by atoms with Gasteiger partial charge < -0.3 is 9.64 Å². The summed E-state index contributed by atoms with van der Waals surface area (Å²) in [7, 11) is -1.96. The van der Waals surface area contributed by atoms with Gasteiger partial charge in [-0.1, -0.05) is 0 Å². The number of pyridine rings is 1. The molecule has 0 radical (unpaired) electrons. The molecule has 1 aromatic rings. The Morgan fingerprint density at radius 3 is 2.59 bits per heavy atom. The van der Waals surface area contributed by atoms with Crippen molar-refractivity contribution >= 4 is 32.0 Å². The molecule has 7 nitrogen and oxygen atoms in total. The van der Waals surface area contributed by atoms with Gasteiger partial charge in [0.25, 0.3) is 10.0 Å². The number of sulfonamides is 1. The molecule has 1 spiro atoms. The summed E-state index contributed by atoms with van der Waals surface area (Å²) < 4.78 is 32.6. The Morgan fingerprint density at radius 2 is 2.05 bits per heavy atom. The van der Waals surface area contributed by atoms with Gasteiger partial charge in [0.1, 0.15) is 5.60 Å². The fourth-order valence-electron chi connectivity index (χ4n) is 2.87. The number of amides is 1. The molecule has 22 heavy (non-hydrogen) atoms. The molecule has 2 saturated heterocycles. The average Bonchev–Trinajstić information content (AvgIpc) is 2.74. The molecule has 0 atom stereocenters. The Kier molecular flexibility index (Phi) is 3.90. The molecular weight excluding hydrogens is 374 g/mol. The van der Waals surface area contributed by atoms with Crippen molar-refractivity contribution in [3.8, 4) is 0 Å². The van der Waals surface area contributed by atoms with Crippen LogP contribution in [0.5, 0.6) is 0 Å². The molecule has 9 heteroatoms. The molecule has 3 heterocycles. The van der Waals surface area contributed by atoms with Crippen LogP contribution in [0.3, 0.4) is 0 Å². The van der Waals surface area contributed by atoms with Crippen LogP contribution in [0.25, 0.3) is 0 Å². The van der Waals surface area contributed by atoms with Gasteiger partial charge in [0.2, 0.25) is 0 Å². The second kappa shape index (κ2) is 5.47. The molecule has 2 aliphatic rings. The van der Waals surface area contributed by atoms with Gasteiger partial charge in [-0.25, -0.2) is 18.2 Å². The van der Waals surface area contributed by atoms with E-state index in [1.54, 1.807) is 19.2 Å². The van der Waals surface area contributed by atoms with E-state index in [9.17, 15) is 13.2 Å². The number of hydrogen-bond acceptors (Lipinski definition) is 5. The highest BCUT2D eigenvalue weighted by atomic mass is 79.9. The van der Waals surface area contributed by atoms with Crippen molar-refractivity contribution in [2.75, 3.05) is 26.7 Å². The normalized spacial score (nSPS) is 22.1. The van der Waals surface area contributed by atoms with Gasteiger partial charge in [-0.15, -0.1) is 0 Å². The Morgan fingerprint density at radius 1 is 1.36 bits per heavy atom. The largest absolute Gasteiger partial charge is 0.441 e. The van der Waals surface area contributed by atoms with E-state index in [1.165, 1.54) is 15.4 Å². The van der Waals surface area contributed by atoms with Gasteiger partial charge in [0.05, 0.1) is 11.0 Å².